The predicted molar refractivity (Wildman–Crippen MR) is 69.8 cm³/mol. The summed E-state index contributed by atoms with van der Waals surface area (Å²) in [7, 11) is 1.96. The topological polar surface area (TPSA) is 17.0 Å². The van der Waals surface area contributed by atoms with Gasteiger partial charge in [-0.25, -0.2) is 4.39 Å². The second kappa shape index (κ2) is 4.15. The zero-order chi connectivity index (χ0) is 12.6. The minimum absolute atomic E-state index is 0.0206. The molecule has 1 aromatic heterocycles. The maximum atomic E-state index is 13.2. The molecular weight excluding hydrogens is 215 g/mol. The lowest BCUT2D eigenvalue weighted by Gasteiger charge is -2.25. The molecule has 0 saturated carbocycles. The van der Waals surface area contributed by atoms with Gasteiger partial charge in [-0.05, 0) is 51.6 Å². The molecule has 2 nitrogen and oxygen atoms in total. The van der Waals surface area contributed by atoms with Gasteiger partial charge in [0.05, 0.1) is 0 Å². The largest absolute Gasteiger partial charge is 0.345 e. The van der Waals surface area contributed by atoms with Crippen molar-refractivity contribution in [2.45, 2.75) is 32.9 Å². The standard InChI is InChI=1S/C14H19FN2/c1-10-8-17(9-14(2,3)16-4)13-6-5-11(15)7-12(10)13/h5-8,16H,9H2,1-4H3. The van der Waals surface area contributed by atoms with Crippen molar-refractivity contribution in [2.75, 3.05) is 7.05 Å². The number of likely N-dealkylation sites (N-methyl/N-ethyl adjacent to an activating group) is 1. The number of hydrogen-bond acceptors (Lipinski definition) is 1. The molecule has 0 aliphatic rings. The normalized spacial score (nSPS) is 12.3. The van der Waals surface area contributed by atoms with Crippen molar-refractivity contribution in [3.05, 3.63) is 35.8 Å². The molecule has 1 heterocycles. The molecule has 0 unspecified atom stereocenters. The molecule has 0 spiro atoms. The van der Waals surface area contributed by atoms with Gasteiger partial charge in [0.25, 0.3) is 0 Å². The molecule has 0 aliphatic carbocycles. The van der Waals surface area contributed by atoms with Crippen molar-refractivity contribution < 1.29 is 4.39 Å². The van der Waals surface area contributed by atoms with Crippen LogP contribution in [-0.4, -0.2) is 17.2 Å². The van der Waals surface area contributed by atoms with E-state index in [1.54, 1.807) is 6.07 Å². The predicted octanol–water partition coefficient (Wildman–Crippen LogP) is 3.09. The van der Waals surface area contributed by atoms with Crippen LogP contribution in [0.2, 0.25) is 0 Å². The summed E-state index contributed by atoms with van der Waals surface area (Å²) in [5, 5.41) is 4.28. The number of benzene rings is 1. The number of halogens is 1. The summed E-state index contributed by atoms with van der Waals surface area (Å²) < 4.78 is 15.4. The highest BCUT2D eigenvalue weighted by atomic mass is 19.1. The highest BCUT2D eigenvalue weighted by molar-refractivity contribution is 5.83. The number of nitrogens with zero attached hydrogens (tertiary/aromatic N) is 1. The zero-order valence-electron chi connectivity index (χ0n) is 10.8. The van der Waals surface area contributed by atoms with E-state index in [0.29, 0.717) is 0 Å². The van der Waals surface area contributed by atoms with Crippen LogP contribution in [0.1, 0.15) is 19.4 Å². The fraction of sp³-hybridized carbons (Fsp3) is 0.429. The van der Waals surface area contributed by atoms with E-state index in [0.717, 1.165) is 23.0 Å². The minimum atomic E-state index is -0.175. The number of rotatable bonds is 3. The van der Waals surface area contributed by atoms with Gasteiger partial charge < -0.3 is 9.88 Å². The molecule has 17 heavy (non-hydrogen) atoms. The fourth-order valence-electron chi connectivity index (χ4n) is 2.08. The SMILES string of the molecule is CNC(C)(C)Cn1cc(C)c2cc(F)ccc21. The molecule has 92 valence electrons. The van der Waals surface area contributed by atoms with Crippen LogP contribution in [0.3, 0.4) is 0 Å². The first-order valence-corrected chi connectivity index (χ1v) is 5.87. The van der Waals surface area contributed by atoms with E-state index < -0.39 is 0 Å². The summed E-state index contributed by atoms with van der Waals surface area (Å²) in [6.45, 7) is 7.18. The Kier molecular flexibility index (Phi) is 2.96. The van der Waals surface area contributed by atoms with Gasteiger partial charge in [0, 0.05) is 29.2 Å². The smallest absolute Gasteiger partial charge is 0.123 e. The Balaban J connectivity index is 2.49. The van der Waals surface area contributed by atoms with Crippen LogP contribution in [0.25, 0.3) is 10.9 Å². The van der Waals surface area contributed by atoms with Crippen molar-refractivity contribution in [1.82, 2.24) is 9.88 Å². The Morgan fingerprint density at radius 1 is 1.35 bits per heavy atom. The summed E-state index contributed by atoms with van der Waals surface area (Å²) in [6.07, 6.45) is 2.09. The lowest BCUT2D eigenvalue weighted by molar-refractivity contribution is 0.368. The second-order valence-corrected chi connectivity index (χ2v) is 5.24. The summed E-state index contributed by atoms with van der Waals surface area (Å²) in [5.74, 6) is -0.175. The van der Waals surface area contributed by atoms with E-state index in [1.807, 2.05) is 20.0 Å². The first-order valence-electron chi connectivity index (χ1n) is 5.87. The van der Waals surface area contributed by atoms with Crippen molar-refractivity contribution in [3.8, 4) is 0 Å². The van der Waals surface area contributed by atoms with Crippen molar-refractivity contribution in [2.24, 2.45) is 0 Å². The molecule has 2 aromatic rings. The molecule has 0 radical (unpaired) electrons. The summed E-state index contributed by atoms with van der Waals surface area (Å²) in [6, 6.07) is 4.97. The Bertz CT molecular complexity index is 540. The van der Waals surface area contributed by atoms with Crippen LogP contribution in [0.5, 0.6) is 0 Å². The monoisotopic (exact) mass is 234 g/mol. The van der Waals surface area contributed by atoms with Crippen molar-refractivity contribution in [3.63, 3.8) is 0 Å². The molecule has 0 atom stereocenters. The summed E-state index contributed by atoms with van der Waals surface area (Å²) in [4.78, 5) is 0. The molecule has 0 amide bonds. The van der Waals surface area contributed by atoms with E-state index in [1.165, 1.54) is 6.07 Å². The fourth-order valence-corrected chi connectivity index (χ4v) is 2.08. The van der Waals surface area contributed by atoms with Gasteiger partial charge in [-0.1, -0.05) is 0 Å². The Hall–Kier alpha value is -1.35. The summed E-state index contributed by atoms with van der Waals surface area (Å²) in [5.41, 5.74) is 2.23. The molecule has 0 bridgehead atoms. The highest BCUT2D eigenvalue weighted by Crippen LogP contribution is 2.23. The maximum Gasteiger partial charge on any atom is 0.123 e. The number of hydrogen-bond donors (Lipinski definition) is 1. The maximum absolute atomic E-state index is 13.2. The zero-order valence-corrected chi connectivity index (χ0v) is 10.8. The van der Waals surface area contributed by atoms with Gasteiger partial charge >= 0.3 is 0 Å². The molecular formula is C14H19FN2. The average Bonchev–Trinajstić information content (AvgIpc) is 2.55. The van der Waals surface area contributed by atoms with Crippen LogP contribution in [0.4, 0.5) is 4.39 Å². The average molecular weight is 234 g/mol. The van der Waals surface area contributed by atoms with E-state index >= 15 is 0 Å². The Labute approximate surface area is 101 Å². The van der Waals surface area contributed by atoms with Gasteiger partial charge in [0.2, 0.25) is 0 Å². The Morgan fingerprint density at radius 2 is 2.06 bits per heavy atom. The van der Waals surface area contributed by atoms with E-state index in [2.05, 4.69) is 29.9 Å². The van der Waals surface area contributed by atoms with Crippen molar-refractivity contribution in [1.29, 1.82) is 0 Å². The number of nitrogens with one attached hydrogen (secondary N) is 1. The molecule has 0 fully saturated rings. The molecule has 3 heteroatoms. The van der Waals surface area contributed by atoms with Gasteiger partial charge in [-0.15, -0.1) is 0 Å². The molecule has 0 saturated heterocycles. The molecule has 1 aromatic carbocycles. The van der Waals surface area contributed by atoms with Crippen LogP contribution < -0.4 is 5.32 Å². The summed E-state index contributed by atoms with van der Waals surface area (Å²) >= 11 is 0. The highest BCUT2D eigenvalue weighted by Gasteiger charge is 2.17. The second-order valence-electron chi connectivity index (χ2n) is 5.24. The first kappa shape index (κ1) is 12.1. The van der Waals surface area contributed by atoms with Crippen LogP contribution in [-0.2, 0) is 6.54 Å². The van der Waals surface area contributed by atoms with E-state index in [9.17, 15) is 4.39 Å². The van der Waals surface area contributed by atoms with Crippen LogP contribution >= 0.6 is 0 Å². The Morgan fingerprint density at radius 3 is 2.71 bits per heavy atom. The quantitative estimate of drug-likeness (QED) is 0.863. The minimum Gasteiger partial charge on any atom is -0.345 e. The number of aromatic nitrogens is 1. The molecule has 0 aliphatic heterocycles. The lowest BCUT2D eigenvalue weighted by Crippen LogP contribution is -2.40. The number of aryl methyl sites for hydroxylation is 1. The molecule has 2 rings (SSSR count). The van der Waals surface area contributed by atoms with Gasteiger partial charge in [0.1, 0.15) is 5.82 Å². The van der Waals surface area contributed by atoms with Gasteiger partial charge in [-0.2, -0.15) is 0 Å². The first-order chi connectivity index (χ1) is 7.93. The lowest BCUT2D eigenvalue weighted by atomic mass is 10.1. The third-order valence-corrected chi connectivity index (χ3v) is 3.28. The van der Waals surface area contributed by atoms with E-state index in [-0.39, 0.29) is 11.4 Å². The number of fused-ring (bicyclic) bond motifs is 1. The van der Waals surface area contributed by atoms with Crippen LogP contribution in [0, 0.1) is 12.7 Å². The van der Waals surface area contributed by atoms with Gasteiger partial charge in [-0.3, -0.25) is 0 Å². The molecule has 1 N–H and O–H groups in total. The third kappa shape index (κ3) is 2.34. The van der Waals surface area contributed by atoms with Crippen LogP contribution in [0.15, 0.2) is 24.4 Å². The van der Waals surface area contributed by atoms with E-state index in [4.69, 9.17) is 0 Å². The van der Waals surface area contributed by atoms with Crippen molar-refractivity contribution >= 4 is 10.9 Å². The third-order valence-electron chi connectivity index (χ3n) is 3.28. The van der Waals surface area contributed by atoms with Gasteiger partial charge in [0.15, 0.2) is 0 Å².